The molecule has 2 aromatic heterocycles. The average molecular weight is 318 g/mol. The minimum absolute atomic E-state index is 0.0940. The molecule has 1 aromatic carbocycles. The molecule has 112 valence electrons. The Morgan fingerprint density at radius 3 is 2.86 bits per heavy atom. The van der Waals surface area contributed by atoms with Crippen LogP contribution in [0, 0.1) is 0 Å². The molecule has 3 rings (SSSR count). The van der Waals surface area contributed by atoms with Crippen molar-refractivity contribution in [1.82, 2.24) is 4.57 Å². The molecule has 3 aromatic rings. The van der Waals surface area contributed by atoms with Gasteiger partial charge >= 0.3 is 5.97 Å². The van der Waals surface area contributed by atoms with Gasteiger partial charge in [0, 0.05) is 22.7 Å². The highest BCUT2D eigenvalue weighted by atomic mass is 35.5. The smallest absolute Gasteiger partial charge is 0.373 e. The van der Waals surface area contributed by atoms with Gasteiger partial charge in [0.05, 0.1) is 19.2 Å². The molecule has 0 fully saturated rings. The van der Waals surface area contributed by atoms with Gasteiger partial charge in [-0.15, -0.1) is 0 Å². The van der Waals surface area contributed by atoms with Crippen LogP contribution in [0.25, 0.3) is 10.9 Å². The summed E-state index contributed by atoms with van der Waals surface area (Å²) in [6.07, 6.45) is 1.68. The van der Waals surface area contributed by atoms with Gasteiger partial charge in [0.2, 0.25) is 5.76 Å². The molecular weight excluding hydrogens is 306 g/mol. The lowest BCUT2D eigenvalue weighted by Gasteiger charge is -2.09. The maximum Gasteiger partial charge on any atom is 0.373 e. The van der Waals surface area contributed by atoms with Crippen molar-refractivity contribution in [3.8, 4) is 0 Å². The first-order chi connectivity index (χ1) is 10.6. The minimum Gasteiger partial charge on any atom is -0.463 e. The van der Waals surface area contributed by atoms with Gasteiger partial charge in [-0.2, -0.15) is 0 Å². The number of benzene rings is 1. The van der Waals surface area contributed by atoms with Gasteiger partial charge < -0.3 is 13.7 Å². The third-order valence-electron chi connectivity index (χ3n) is 3.31. The van der Waals surface area contributed by atoms with E-state index in [4.69, 9.17) is 16.0 Å². The Morgan fingerprint density at radius 1 is 1.27 bits per heavy atom. The van der Waals surface area contributed by atoms with E-state index in [2.05, 4.69) is 4.74 Å². The predicted molar refractivity (Wildman–Crippen MR) is 82.4 cm³/mol. The molecule has 0 radical (unpaired) electrons. The van der Waals surface area contributed by atoms with E-state index in [0.717, 1.165) is 5.52 Å². The Kier molecular flexibility index (Phi) is 3.73. The zero-order chi connectivity index (χ0) is 15.7. The van der Waals surface area contributed by atoms with Crippen LogP contribution in [0.2, 0.25) is 5.02 Å². The molecule has 0 saturated heterocycles. The van der Waals surface area contributed by atoms with Gasteiger partial charge in [0.15, 0.2) is 5.43 Å². The Morgan fingerprint density at radius 2 is 2.09 bits per heavy atom. The molecule has 0 aliphatic carbocycles. The molecule has 22 heavy (non-hydrogen) atoms. The first kappa shape index (κ1) is 14.4. The van der Waals surface area contributed by atoms with Crippen molar-refractivity contribution < 1.29 is 13.9 Å². The number of halogens is 1. The fourth-order valence-corrected chi connectivity index (χ4v) is 2.43. The van der Waals surface area contributed by atoms with Gasteiger partial charge in [0.1, 0.15) is 5.76 Å². The highest BCUT2D eigenvalue weighted by Crippen LogP contribution is 2.18. The molecule has 0 spiro atoms. The summed E-state index contributed by atoms with van der Waals surface area (Å²) in [7, 11) is 1.30. The summed E-state index contributed by atoms with van der Waals surface area (Å²) < 4.78 is 11.9. The zero-order valence-corrected chi connectivity index (χ0v) is 12.5. The summed E-state index contributed by atoms with van der Waals surface area (Å²) in [5, 5.41) is 1.04. The number of carbonyl (C=O) groups excluding carboxylic acids is 1. The van der Waals surface area contributed by atoms with E-state index >= 15 is 0 Å². The van der Waals surface area contributed by atoms with Crippen molar-refractivity contribution in [3.63, 3.8) is 0 Å². The molecule has 0 aliphatic rings. The van der Waals surface area contributed by atoms with Crippen molar-refractivity contribution in [2.24, 2.45) is 0 Å². The standard InChI is InChI=1S/C16H12ClNO4/c1-21-16(20)15-5-3-11(22-15)9-18-7-6-14(19)12-8-10(17)2-4-13(12)18/h2-8H,9H2,1H3. The lowest BCUT2D eigenvalue weighted by molar-refractivity contribution is 0.0563. The van der Waals surface area contributed by atoms with E-state index < -0.39 is 5.97 Å². The molecule has 0 amide bonds. The van der Waals surface area contributed by atoms with Crippen molar-refractivity contribution in [1.29, 1.82) is 0 Å². The average Bonchev–Trinajstić information content (AvgIpc) is 2.98. The number of methoxy groups -OCH3 is 1. The van der Waals surface area contributed by atoms with Crippen LogP contribution in [0.15, 0.2) is 51.8 Å². The van der Waals surface area contributed by atoms with E-state index in [0.29, 0.717) is 22.7 Å². The van der Waals surface area contributed by atoms with Crippen LogP contribution in [0.5, 0.6) is 0 Å². The number of nitrogens with zero attached hydrogens (tertiary/aromatic N) is 1. The first-order valence-corrected chi connectivity index (χ1v) is 6.92. The van der Waals surface area contributed by atoms with Crippen LogP contribution in [0.3, 0.4) is 0 Å². The zero-order valence-electron chi connectivity index (χ0n) is 11.7. The molecule has 0 bridgehead atoms. The van der Waals surface area contributed by atoms with Crippen LogP contribution < -0.4 is 5.43 Å². The monoisotopic (exact) mass is 317 g/mol. The predicted octanol–water partition coefficient (Wildman–Crippen LogP) is 3.08. The number of fused-ring (bicyclic) bond motifs is 1. The Labute approximate surface area is 130 Å². The quantitative estimate of drug-likeness (QED) is 0.696. The largest absolute Gasteiger partial charge is 0.463 e. The van der Waals surface area contributed by atoms with Crippen LogP contribution in [0.4, 0.5) is 0 Å². The third kappa shape index (κ3) is 2.63. The number of pyridine rings is 1. The molecule has 0 unspecified atom stereocenters. The summed E-state index contributed by atoms with van der Waals surface area (Å²) in [5.74, 6) is 0.203. The molecule has 5 nitrogen and oxygen atoms in total. The molecule has 0 atom stereocenters. The van der Waals surface area contributed by atoms with E-state index in [9.17, 15) is 9.59 Å². The van der Waals surface area contributed by atoms with Crippen LogP contribution in [-0.4, -0.2) is 17.6 Å². The maximum absolute atomic E-state index is 11.9. The van der Waals surface area contributed by atoms with E-state index in [-0.39, 0.29) is 11.2 Å². The Balaban J connectivity index is 2.01. The molecule has 2 heterocycles. The number of rotatable bonds is 3. The maximum atomic E-state index is 11.9. The molecule has 0 aliphatic heterocycles. The Hall–Kier alpha value is -2.53. The van der Waals surface area contributed by atoms with Crippen molar-refractivity contribution in [3.05, 3.63) is 69.4 Å². The van der Waals surface area contributed by atoms with Crippen molar-refractivity contribution >= 4 is 28.5 Å². The number of ether oxygens (including phenoxy) is 1. The highest BCUT2D eigenvalue weighted by molar-refractivity contribution is 6.31. The summed E-state index contributed by atoms with van der Waals surface area (Å²) in [6, 6.07) is 9.88. The molecule has 6 heteroatoms. The minimum atomic E-state index is -0.525. The summed E-state index contributed by atoms with van der Waals surface area (Å²) in [6.45, 7) is 0.384. The van der Waals surface area contributed by atoms with Gasteiger partial charge in [-0.05, 0) is 30.3 Å². The van der Waals surface area contributed by atoms with Gasteiger partial charge in [-0.1, -0.05) is 11.6 Å². The number of aromatic nitrogens is 1. The topological polar surface area (TPSA) is 61.4 Å². The van der Waals surface area contributed by atoms with E-state index in [1.807, 2.05) is 4.57 Å². The van der Waals surface area contributed by atoms with E-state index in [1.54, 1.807) is 36.5 Å². The number of carbonyl (C=O) groups is 1. The number of hydrogen-bond acceptors (Lipinski definition) is 4. The molecular formula is C16H12ClNO4. The second-order valence-corrected chi connectivity index (χ2v) is 5.16. The summed E-state index contributed by atoms with van der Waals surface area (Å²) in [5.41, 5.74) is 0.649. The van der Waals surface area contributed by atoms with Crippen molar-refractivity contribution in [2.75, 3.05) is 7.11 Å². The SMILES string of the molecule is COC(=O)c1ccc(Cn2ccc(=O)c3cc(Cl)ccc32)o1. The molecule has 0 N–H and O–H groups in total. The fraction of sp³-hybridized carbons (Fsp3) is 0.125. The van der Waals surface area contributed by atoms with Gasteiger partial charge in [-0.3, -0.25) is 4.79 Å². The molecule has 0 saturated carbocycles. The fourth-order valence-electron chi connectivity index (χ4n) is 2.26. The second-order valence-electron chi connectivity index (χ2n) is 4.73. The normalized spacial score (nSPS) is 10.8. The Bertz CT molecular complexity index is 910. The van der Waals surface area contributed by atoms with Gasteiger partial charge in [0.25, 0.3) is 0 Å². The first-order valence-electron chi connectivity index (χ1n) is 6.54. The number of hydrogen-bond donors (Lipinski definition) is 0. The van der Waals surface area contributed by atoms with Crippen molar-refractivity contribution in [2.45, 2.75) is 6.54 Å². The summed E-state index contributed by atoms with van der Waals surface area (Å²) in [4.78, 5) is 23.3. The number of esters is 1. The van der Waals surface area contributed by atoms with Crippen LogP contribution >= 0.6 is 11.6 Å². The highest BCUT2D eigenvalue weighted by Gasteiger charge is 2.12. The second kappa shape index (κ2) is 5.69. The van der Waals surface area contributed by atoms with Gasteiger partial charge in [-0.25, -0.2) is 4.79 Å². The lowest BCUT2D eigenvalue weighted by atomic mass is 10.2. The van der Waals surface area contributed by atoms with Crippen LogP contribution in [-0.2, 0) is 11.3 Å². The van der Waals surface area contributed by atoms with E-state index in [1.165, 1.54) is 13.2 Å². The lowest BCUT2D eigenvalue weighted by Crippen LogP contribution is -2.08. The van der Waals surface area contributed by atoms with Crippen LogP contribution in [0.1, 0.15) is 16.3 Å². The number of furan rings is 1. The third-order valence-corrected chi connectivity index (χ3v) is 3.55. The summed E-state index contributed by atoms with van der Waals surface area (Å²) >= 11 is 5.94.